The minimum Gasteiger partial charge on any atom is -0.481 e. The van der Waals surface area contributed by atoms with Gasteiger partial charge < -0.3 is 9.84 Å². The summed E-state index contributed by atoms with van der Waals surface area (Å²) in [7, 11) is 0. The van der Waals surface area contributed by atoms with E-state index in [0.29, 0.717) is 29.0 Å². The first-order chi connectivity index (χ1) is 14.1. The fourth-order valence-corrected chi connectivity index (χ4v) is 8.41. The molecule has 0 aromatic rings. The molecule has 8 atom stereocenters. The Hall–Kier alpha value is -1.39. The van der Waals surface area contributed by atoms with Gasteiger partial charge in [-0.25, -0.2) is 0 Å². The van der Waals surface area contributed by atoms with E-state index >= 15 is 0 Å². The molecule has 4 rings (SSSR count). The lowest BCUT2D eigenvalue weighted by molar-refractivity contribution is -0.160. The molecule has 0 unspecified atom stereocenters. The molecule has 0 aliphatic heterocycles. The number of hydrogen-bond donors (Lipinski definition) is 1. The average molecular weight is 419 g/mol. The average Bonchev–Trinajstić information content (AvgIpc) is 3.04. The van der Waals surface area contributed by atoms with Gasteiger partial charge in [0.25, 0.3) is 0 Å². The van der Waals surface area contributed by atoms with Gasteiger partial charge in [-0.3, -0.25) is 14.4 Å². The second kappa shape index (κ2) is 7.94. The van der Waals surface area contributed by atoms with Gasteiger partial charge in [0.2, 0.25) is 0 Å². The van der Waals surface area contributed by atoms with E-state index in [4.69, 9.17) is 9.84 Å². The summed E-state index contributed by atoms with van der Waals surface area (Å²) in [5.41, 5.74) is 0.520. The van der Waals surface area contributed by atoms with Crippen molar-refractivity contribution in [2.24, 2.45) is 40.4 Å². The van der Waals surface area contributed by atoms with E-state index in [1.165, 1.54) is 32.1 Å². The highest BCUT2D eigenvalue weighted by atomic mass is 16.5. The van der Waals surface area contributed by atoms with Crippen LogP contribution in [0.5, 0.6) is 0 Å². The predicted molar refractivity (Wildman–Crippen MR) is 113 cm³/mol. The molecule has 0 aromatic carbocycles. The number of fused-ring (bicyclic) bond motifs is 5. The SMILES string of the molecule is C[C@@H](OC(=O)CCC(=O)O)[C@H]1CC[C@H]2[C@@H]3CC[C@H]4CC(=O)CC[C@]4(C)[C@H]3CC[C@]12C. The van der Waals surface area contributed by atoms with Crippen LogP contribution in [0.1, 0.15) is 91.4 Å². The number of ether oxygens (including phenoxy) is 1. The van der Waals surface area contributed by atoms with E-state index in [9.17, 15) is 14.4 Å². The molecule has 0 saturated heterocycles. The third-order valence-corrected chi connectivity index (χ3v) is 9.98. The Morgan fingerprint density at radius 3 is 2.50 bits per heavy atom. The molecular formula is C25H38O5. The van der Waals surface area contributed by atoms with Gasteiger partial charge in [0.15, 0.2) is 0 Å². The van der Waals surface area contributed by atoms with Gasteiger partial charge in [0, 0.05) is 18.8 Å². The maximum absolute atomic E-state index is 12.1. The monoisotopic (exact) mass is 418 g/mol. The molecule has 0 heterocycles. The van der Waals surface area contributed by atoms with Crippen molar-refractivity contribution in [2.75, 3.05) is 0 Å². The van der Waals surface area contributed by atoms with Crippen LogP contribution < -0.4 is 0 Å². The third kappa shape index (κ3) is 3.60. The Kier molecular flexibility index (Phi) is 5.78. The number of esters is 1. The van der Waals surface area contributed by atoms with Crippen LogP contribution >= 0.6 is 0 Å². The quantitative estimate of drug-likeness (QED) is 0.635. The van der Waals surface area contributed by atoms with Crippen molar-refractivity contribution >= 4 is 17.7 Å². The smallest absolute Gasteiger partial charge is 0.306 e. The fourth-order valence-electron chi connectivity index (χ4n) is 8.41. The topological polar surface area (TPSA) is 80.7 Å². The minimum atomic E-state index is -0.959. The highest BCUT2D eigenvalue weighted by molar-refractivity contribution is 5.79. The molecule has 0 amide bonds. The molecular weight excluding hydrogens is 380 g/mol. The van der Waals surface area contributed by atoms with Gasteiger partial charge in [-0.1, -0.05) is 13.8 Å². The first-order valence-corrected chi connectivity index (χ1v) is 12.1. The van der Waals surface area contributed by atoms with E-state index in [0.717, 1.165) is 37.5 Å². The Labute approximate surface area is 180 Å². The van der Waals surface area contributed by atoms with E-state index in [1.54, 1.807) is 0 Å². The normalized spacial score (nSPS) is 43.8. The number of rotatable bonds is 5. The second-order valence-electron chi connectivity index (χ2n) is 11.2. The molecule has 0 spiro atoms. The number of carbonyl (C=O) groups excluding carboxylic acids is 2. The number of carboxylic acids is 1. The Bertz CT molecular complexity index is 716. The van der Waals surface area contributed by atoms with Gasteiger partial charge in [0.05, 0.1) is 12.8 Å². The van der Waals surface area contributed by atoms with Crippen molar-refractivity contribution in [3.63, 3.8) is 0 Å². The number of carboxylic acid groups (broad SMARTS) is 1. The summed E-state index contributed by atoms with van der Waals surface area (Å²) in [5.74, 6) is 2.21. The molecule has 30 heavy (non-hydrogen) atoms. The molecule has 4 aliphatic carbocycles. The van der Waals surface area contributed by atoms with Gasteiger partial charge in [-0.2, -0.15) is 0 Å². The van der Waals surface area contributed by atoms with Crippen LogP contribution in [-0.4, -0.2) is 28.9 Å². The highest BCUT2D eigenvalue weighted by Crippen LogP contribution is 2.67. The molecule has 1 N–H and O–H groups in total. The highest BCUT2D eigenvalue weighted by Gasteiger charge is 2.61. The van der Waals surface area contributed by atoms with Crippen molar-refractivity contribution in [3.8, 4) is 0 Å². The van der Waals surface area contributed by atoms with Crippen LogP contribution in [0, 0.1) is 40.4 Å². The first-order valence-electron chi connectivity index (χ1n) is 12.1. The molecule has 168 valence electrons. The Balaban J connectivity index is 1.45. The van der Waals surface area contributed by atoms with E-state index < -0.39 is 5.97 Å². The summed E-state index contributed by atoms with van der Waals surface area (Å²) in [5, 5.41) is 8.80. The zero-order valence-corrected chi connectivity index (χ0v) is 18.8. The van der Waals surface area contributed by atoms with Crippen LogP contribution in [0.15, 0.2) is 0 Å². The second-order valence-corrected chi connectivity index (χ2v) is 11.2. The number of Topliss-reactive ketones (excluding diaryl/α,β-unsaturated/α-hetero) is 1. The van der Waals surface area contributed by atoms with Crippen molar-refractivity contribution in [3.05, 3.63) is 0 Å². The maximum atomic E-state index is 12.1. The number of hydrogen-bond acceptors (Lipinski definition) is 4. The molecule has 4 aliphatic rings. The molecule has 4 saturated carbocycles. The predicted octanol–water partition coefficient (Wildman–Crippen LogP) is 5.01. The summed E-state index contributed by atoms with van der Waals surface area (Å²) >= 11 is 0. The fraction of sp³-hybridized carbons (Fsp3) is 0.880. The Morgan fingerprint density at radius 1 is 1.03 bits per heavy atom. The number of ketones is 1. The largest absolute Gasteiger partial charge is 0.481 e. The zero-order valence-electron chi connectivity index (χ0n) is 18.8. The first kappa shape index (κ1) is 21.8. The van der Waals surface area contributed by atoms with E-state index in [-0.39, 0.29) is 30.3 Å². The zero-order chi connectivity index (χ0) is 21.7. The van der Waals surface area contributed by atoms with Gasteiger partial charge >= 0.3 is 11.9 Å². The van der Waals surface area contributed by atoms with Gasteiger partial charge in [-0.15, -0.1) is 0 Å². The van der Waals surface area contributed by atoms with Crippen LogP contribution in [-0.2, 0) is 19.1 Å². The number of carbonyl (C=O) groups is 3. The molecule has 5 heteroatoms. The molecule has 0 aromatic heterocycles. The Morgan fingerprint density at radius 2 is 1.77 bits per heavy atom. The lowest BCUT2D eigenvalue weighted by Crippen LogP contribution is -2.54. The van der Waals surface area contributed by atoms with Gasteiger partial charge in [0.1, 0.15) is 11.9 Å². The standard InChI is InChI=1S/C25H38O5/c1-15(30-23(29)9-8-22(27)28)19-6-7-20-18-5-4-16-14-17(26)10-12-24(16,2)21(18)11-13-25(19,20)3/h15-16,18-21H,4-14H2,1-3H3,(H,27,28)/t15-,16+,18+,19-,20+,21+,24+,25-/m1/s1. The van der Waals surface area contributed by atoms with Crippen molar-refractivity contribution in [1.29, 1.82) is 0 Å². The summed E-state index contributed by atoms with van der Waals surface area (Å²) in [6, 6.07) is 0. The van der Waals surface area contributed by atoms with Crippen molar-refractivity contribution in [1.82, 2.24) is 0 Å². The lowest BCUT2D eigenvalue weighted by Gasteiger charge is -2.60. The summed E-state index contributed by atoms with van der Waals surface area (Å²) in [6.07, 6.45) is 9.43. The van der Waals surface area contributed by atoms with Gasteiger partial charge in [-0.05, 0) is 86.4 Å². The molecule has 5 nitrogen and oxygen atoms in total. The van der Waals surface area contributed by atoms with Crippen LogP contribution in [0.4, 0.5) is 0 Å². The lowest BCUT2D eigenvalue weighted by atomic mass is 9.44. The van der Waals surface area contributed by atoms with E-state index in [1.807, 2.05) is 6.92 Å². The molecule has 0 bridgehead atoms. The van der Waals surface area contributed by atoms with Crippen LogP contribution in [0.2, 0.25) is 0 Å². The minimum absolute atomic E-state index is 0.0459. The number of aliphatic carboxylic acids is 1. The van der Waals surface area contributed by atoms with E-state index in [2.05, 4.69) is 13.8 Å². The van der Waals surface area contributed by atoms with Crippen molar-refractivity contribution in [2.45, 2.75) is 97.5 Å². The van der Waals surface area contributed by atoms with Crippen LogP contribution in [0.25, 0.3) is 0 Å². The third-order valence-electron chi connectivity index (χ3n) is 9.98. The summed E-state index contributed by atoms with van der Waals surface area (Å²) < 4.78 is 5.71. The summed E-state index contributed by atoms with van der Waals surface area (Å²) in [6.45, 7) is 6.91. The molecule has 0 radical (unpaired) electrons. The van der Waals surface area contributed by atoms with Crippen LogP contribution in [0.3, 0.4) is 0 Å². The summed E-state index contributed by atoms with van der Waals surface area (Å²) in [4.78, 5) is 34.9. The maximum Gasteiger partial charge on any atom is 0.306 e. The molecule has 4 fully saturated rings. The van der Waals surface area contributed by atoms with Crippen molar-refractivity contribution < 1.29 is 24.2 Å².